The first-order chi connectivity index (χ1) is 7.24. The molecule has 0 unspecified atom stereocenters. The van der Waals surface area contributed by atoms with Crippen LogP contribution >= 0.6 is 0 Å². The van der Waals surface area contributed by atoms with Gasteiger partial charge in [-0.15, -0.1) is 0 Å². The Labute approximate surface area is 94.4 Å². The van der Waals surface area contributed by atoms with Crippen LogP contribution in [0, 0.1) is 0 Å². The van der Waals surface area contributed by atoms with E-state index in [-0.39, 0.29) is 0 Å². The van der Waals surface area contributed by atoms with Gasteiger partial charge >= 0.3 is 9.05 Å². The van der Waals surface area contributed by atoms with Gasteiger partial charge < -0.3 is 17.7 Å². The fourth-order valence-corrected chi connectivity index (χ4v) is 3.17. The van der Waals surface area contributed by atoms with Crippen LogP contribution in [-0.4, -0.2) is 35.5 Å². The lowest BCUT2D eigenvalue weighted by molar-refractivity contribution is -0.0298. The van der Waals surface area contributed by atoms with Crippen molar-refractivity contribution in [1.82, 2.24) is 0 Å². The maximum atomic E-state index is 5.63. The topological polar surface area (TPSA) is 36.9 Å². The van der Waals surface area contributed by atoms with Gasteiger partial charge in [0.05, 0.1) is 0 Å². The van der Waals surface area contributed by atoms with E-state index in [1.165, 1.54) is 0 Å². The van der Waals surface area contributed by atoms with E-state index >= 15 is 0 Å². The molecule has 0 aliphatic rings. The van der Waals surface area contributed by atoms with Crippen LogP contribution in [0.15, 0.2) is 0 Å². The SMILES string of the molecule is CCCO[Si](OCC)(OCC)OCCC. The van der Waals surface area contributed by atoms with Crippen molar-refractivity contribution in [3.8, 4) is 0 Å². The second-order valence-corrected chi connectivity index (χ2v) is 5.22. The van der Waals surface area contributed by atoms with E-state index in [4.69, 9.17) is 17.7 Å². The average Bonchev–Trinajstić information content (AvgIpc) is 2.24. The molecule has 0 aliphatic heterocycles. The highest BCUT2D eigenvalue weighted by atomic mass is 28.4. The molecule has 0 saturated heterocycles. The van der Waals surface area contributed by atoms with E-state index in [2.05, 4.69) is 13.8 Å². The smallest absolute Gasteiger partial charge is 0.351 e. The monoisotopic (exact) mass is 236 g/mol. The molecule has 0 aromatic rings. The lowest BCUT2D eigenvalue weighted by Crippen LogP contribution is -2.49. The van der Waals surface area contributed by atoms with E-state index in [1.54, 1.807) is 0 Å². The zero-order valence-corrected chi connectivity index (χ0v) is 11.4. The van der Waals surface area contributed by atoms with Crippen LogP contribution in [0.2, 0.25) is 0 Å². The van der Waals surface area contributed by atoms with Crippen molar-refractivity contribution < 1.29 is 17.7 Å². The van der Waals surface area contributed by atoms with Crippen molar-refractivity contribution in [2.24, 2.45) is 0 Å². The molecule has 0 bridgehead atoms. The van der Waals surface area contributed by atoms with Gasteiger partial charge in [0, 0.05) is 26.4 Å². The summed E-state index contributed by atoms with van der Waals surface area (Å²) >= 11 is 0. The third-order valence-electron chi connectivity index (χ3n) is 1.61. The summed E-state index contributed by atoms with van der Waals surface area (Å²) in [6.45, 7) is 10.3. The highest BCUT2D eigenvalue weighted by molar-refractivity contribution is 6.53. The largest absolute Gasteiger partial charge is 0.679 e. The Balaban J connectivity index is 4.26. The molecule has 0 aliphatic carbocycles. The Hall–Kier alpha value is 0.0569. The third-order valence-corrected chi connectivity index (χ3v) is 4.01. The molecule has 0 aromatic carbocycles. The van der Waals surface area contributed by atoms with Gasteiger partial charge in [0.25, 0.3) is 0 Å². The molecule has 92 valence electrons. The molecule has 15 heavy (non-hydrogen) atoms. The fraction of sp³-hybridized carbons (Fsp3) is 1.00. The molecule has 0 atom stereocenters. The number of rotatable bonds is 10. The maximum Gasteiger partial charge on any atom is 0.679 e. The molecular weight excluding hydrogens is 212 g/mol. The zero-order chi connectivity index (χ0) is 11.6. The predicted molar refractivity (Wildman–Crippen MR) is 61.5 cm³/mol. The summed E-state index contributed by atoms with van der Waals surface area (Å²) in [6.07, 6.45) is 1.87. The first-order valence-electron chi connectivity index (χ1n) is 5.80. The van der Waals surface area contributed by atoms with E-state index in [0.717, 1.165) is 12.8 Å². The zero-order valence-electron chi connectivity index (χ0n) is 10.4. The first kappa shape index (κ1) is 15.1. The first-order valence-corrected chi connectivity index (χ1v) is 7.43. The molecule has 0 rings (SSSR count). The Bertz CT molecular complexity index is 127. The van der Waals surface area contributed by atoms with Crippen LogP contribution in [0.5, 0.6) is 0 Å². The maximum absolute atomic E-state index is 5.63. The third kappa shape index (κ3) is 6.27. The molecule has 0 spiro atoms. The highest BCUT2D eigenvalue weighted by Gasteiger charge is 2.44. The van der Waals surface area contributed by atoms with Crippen molar-refractivity contribution >= 4 is 9.05 Å². The molecule has 0 amide bonds. The molecule has 0 fully saturated rings. The molecule has 0 aromatic heterocycles. The highest BCUT2D eigenvalue weighted by Crippen LogP contribution is 2.12. The molecule has 0 N–H and O–H groups in total. The number of hydrogen-bond donors (Lipinski definition) is 0. The second kappa shape index (κ2) is 9.29. The van der Waals surface area contributed by atoms with Crippen LogP contribution in [0.25, 0.3) is 0 Å². The summed E-state index contributed by atoms with van der Waals surface area (Å²) < 4.78 is 22.4. The van der Waals surface area contributed by atoms with Crippen LogP contribution in [0.4, 0.5) is 0 Å². The summed E-state index contributed by atoms with van der Waals surface area (Å²) in [5.41, 5.74) is 0. The van der Waals surface area contributed by atoms with Gasteiger partial charge in [-0.2, -0.15) is 0 Å². The van der Waals surface area contributed by atoms with Gasteiger partial charge in [0.2, 0.25) is 0 Å². The minimum absolute atomic E-state index is 0.555. The Morgan fingerprint density at radius 2 is 1.07 bits per heavy atom. The van der Waals surface area contributed by atoms with E-state index in [9.17, 15) is 0 Å². The van der Waals surface area contributed by atoms with Gasteiger partial charge in [-0.05, 0) is 26.7 Å². The van der Waals surface area contributed by atoms with E-state index < -0.39 is 9.05 Å². The van der Waals surface area contributed by atoms with E-state index in [1.807, 2.05) is 13.8 Å². The Morgan fingerprint density at radius 3 is 1.33 bits per heavy atom. The van der Waals surface area contributed by atoms with Gasteiger partial charge in [-0.1, -0.05) is 13.8 Å². The summed E-state index contributed by atoms with van der Waals surface area (Å²) in [4.78, 5) is 0. The minimum atomic E-state index is -2.84. The molecular formula is C10H24O4Si. The van der Waals surface area contributed by atoms with Gasteiger partial charge in [0.15, 0.2) is 0 Å². The minimum Gasteiger partial charge on any atom is -0.351 e. The molecule has 4 nitrogen and oxygen atoms in total. The second-order valence-electron chi connectivity index (χ2n) is 3.06. The molecule has 0 saturated carbocycles. The van der Waals surface area contributed by atoms with Gasteiger partial charge in [0.1, 0.15) is 0 Å². The number of hydrogen-bond acceptors (Lipinski definition) is 4. The standard InChI is InChI=1S/C10H24O4Si/c1-5-9-13-15(11-7-3,12-8-4)14-10-6-2/h5-10H2,1-4H3. The molecule has 0 radical (unpaired) electrons. The normalized spacial score (nSPS) is 12.0. The van der Waals surface area contributed by atoms with Gasteiger partial charge in [-0.3, -0.25) is 0 Å². The summed E-state index contributed by atoms with van der Waals surface area (Å²) in [5, 5.41) is 0. The quantitative estimate of drug-likeness (QED) is 0.546. The van der Waals surface area contributed by atoms with Crippen molar-refractivity contribution in [2.45, 2.75) is 40.5 Å². The van der Waals surface area contributed by atoms with Crippen molar-refractivity contribution in [3.05, 3.63) is 0 Å². The Kier molecular flexibility index (Phi) is 9.33. The fourth-order valence-electron chi connectivity index (χ4n) is 1.06. The van der Waals surface area contributed by atoms with Crippen LogP contribution < -0.4 is 0 Å². The van der Waals surface area contributed by atoms with Crippen molar-refractivity contribution in [2.75, 3.05) is 26.4 Å². The lowest BCUT2D eigenvalue weighted by atomic mass is 10.5. The predicted octanol–water partition coefficient (Wildman–Crippen LogP) is 2.35. The summed E-state index contributed by atoms with van der Waals surface area (Å²) in [6, 6.07) is 0. The van der Waals surface area contributed by atoms with Gasteiger partial charge in [-0.25, -0.2) is 0 Å². The van der Waals surface area contributed by atoms with Crippen molar-refractivity contribution in [3.63, 3.8) is 0 Å². The van der Waals surface area contributed by atoms with Crippen LogP contribution in [-0.2, 0) is 17.7 Å². The lowest BCUT2D eigenvalue weighted by Gasteiger charge is -2.26. The van der Waals surface area contributed by atoms with Crippen LogP contribution in [0.1, 0.15) is 40.5 Å². The van der Waals surface area contributed by atoms with E-state index in [0.29, 0.717) is 26.4 Å². The molecule has 0 heterocycles. The Morgan fingerprint density at radius 1 is 0.667 bits per heavy atom. The summed E-state index contributed by atoms with van der Waals surface area (Å²) in [7, 11) is -2.84. The average molecular weight is 236 g/mol. The summed E-state index contributed by atoms with van der Waals surface area (Å²) in [5.74, 6) is 0. The van der Waals surface area contributed by atoms with Crippen LogP contribution in [0.3, 0.4) is 0 Å². The molecule has 5 heteroatoms. The van der Waals surface area contributed by atoms with Crippen molar-refractivity contribution in [1.29, 1.82) is 0 Å².